The van der Waals surface area contributed by atoms with Crippen molar-refractivity contribution in [3.8, 4) is 22.8 Å². The van der Waals surface area contributed by atoms with Crippen molar-refractivity contribution >= 4 is 23.6 Å². The zero-order valence-corrected chi connectivity index (χ0v) is 19.1. The summed E-state index contributed by atoms with van der Waals surface area (Å²) in [6.07, 6.45) is 2.02. The van der Waals surface area contributed by atoms with Crippen LogP contribution >= 0.6 is 11.8 Å². The van der Waals surface area contributed by atoms with Crippen molar-refractivity contribution in [2.45, 2.75) is 25.4 Å². The molecule has 0 unspecified atom stereocenters. The lowest BCUT2D eigenvalue weighted by Crippen LogP contribution is -2.35. The summed E-state index contributed by atoms with van der Waals surface area (Å²) in [5, 5.41) is 4.48. The number of benzene rings is 2. The molecule has 1 aliphatic carbocycles. The maximum Gasteiger partial charge on any atom is 0.254 e. The summed E-state index contributed by atoms with van der Waals surface area (Å²) in [5.41, 5.74) is 3.40. The number of rotatable bonds is 6. The van der Waals surface area contributed by atoms with E-state index in [-0.39, 0.29) is 18.7 Å². The molecule has 2 aliphatic heterocycles. The Morgan fingerprint density at radius 3 is 2.64 bits per heavy atom. The van der Waals surface area contributed by atoms with Gasteiger partial charge in [-0.25, -0.2) is 0 Å². The Kier molecular flexibility index (Phi) is 5.38. The molecule has 0 radical (unpaired) electrons. The molecule has 3 aliphatic rings. The van der Waals surface area contributed by atoms with E-state index in [0.29, 0.717) is 23.6 Å². The third-order valence-electron chi connectivity index (χ3n) is 6.31. The van der Waals surface area contributed by atoms with Crippen molar-refractivity contribution in [1.29, 1.82) is 0 Å². The standard InChI is InChI=1S/C25H25N3O4S/c29-24(18-6-9-21-22(14-18)31-16-30-21)28(19-7-8-19)15-20-23(17-4-2-1-3-5-17)26-32-25(20)27-10-12-33-13-11-27/h1-6,9,14,19H,7-8,10-13,15-16H2. The number of aromatic nitrogens is 1. The summed E-state index contributed by atoms with van der Waals surface area (Å²) in [7, 11) is 0. The highest BCUT2D eigenvalue weighted by molar-refractivity contribution is 7.99. The van der Waals surface area contributed by atoms with Gasteiger partial charge in [-0.2, -0.15) is 11.8 Å². The van der Waals surface area contributed by atoms with Crippen molar-refractivity contribution in [2.75, 3.05) is 36.3 Å². The average molecular weight is 464 g/mol. The van der Waals surface area contributed by atoms with Gasteiger partial charge in [0.05, 0.1) is 12.1 Å². The highest BCUT2D eigenvalue weighted by Gasteiger charge is 2.36. The third-order valence-corrected chi connectivity index (χ3v) is 7.25. The quantitative estimate of drug-likeness (QED) is 0.536. The summed E-state index contributed by atoms with van der Waals surface area (Å²) in [4.78, 5) is 17.9. The van der Waals surface area contributed by atoms with Crippen LogP contribution in [0.15, 0.2) is 53.1 Å². The van der Waals surface area contributed by atoms with Crippen LogP contribution in [0.2, 0.25) is 0 Å². The van der Waals surface area contributed by atoms with E-state index in [4.69, 9.17) is 14.0 Å². The molecular weight excluding hydrogens is 438 g/mol. The van der Waals surface area contributed by atoms with Gasteiger partial charge in [0.15, 0.2) is 11.5 Å². The van der Waals surface area contributed by atoms with Crippen LogP contribution in [0.3, 0.4) is 0 Å². The van der Waals surface area contributed by atoms with Crippen molar-refractivity contribution in [3.05, 3.63) is 59.7 Å². The molecule has 2 fully saturated rings. The zero-order chi connectivity index (χ0) is 22.2. The minimum Gasteiger partial charge on any atom is -0.454 e. The highest BCUT2D eigenvalue weighted by Crippen LogP contribution is 2.38. The molecule has 0 bridgehead atoms. The van der Waals surface area contributed by atoms with Gasteiger partial charge >= 0.3 is 0 Å². The SMILES string of the molecule is O=C(c1ccc2c(c1)OCO2)N(Cc1c(-c2ccccc2)noc1N1CCSCC1)C1CC1. The molecule has 2 aromatic carbocycles. The minimum atomic E-state index is -0.00355. The fourth-order valence-corrected chi connectivity index (χ4v) is 5.30. The van der Waals surface area contributed by atoms with Gasteiger partial charge < -0.3 is 23.8 Å². The van der Waals surface area contributed by atoms with E-state index in [1.165, 1.54) is 0 Å². The number of fused-ring (bicyclic) bond motifs is 1. The normalized spacial score (nSPS) is 17.3. The predicted octanol–water partition coefficient (Wildman–Crippen LogP) is 4.43. The fraction of sp³-hybridized carbons (Fsp3) is 0.360. The first kappa shape index (κ1) is 20.5. The number of anilines is 1. The van der Waals surface area contributed by atoms with E-state index in [9.17, 15) is 4.79 Å². The van der Waals surface area contributed by atoms with Crippen LogP contribution in [0.5, 0.6) is 11.5 Å². The van der Waals surface area contributed by atoms with Gasteiger partial charge in [-0.15, -0.1) is 0 Å². The van der Waals surface area contributed by atoms with Gasteiger partial charge in [0.1, 0.15) is 5.69 Å². The smallest absolute Gasteiger partial charge is 0.254 e. The number of carbonyl (C=O) groups excluding carboxylic acids is 1. The van der Waals surface area contributed by atoms with Crippen molar-refractivity contribution < 1.29 is 18.8 Å². The first-order valence-corrected chi connectivity index (χ1v) is 12.5. The third kappa shape index (κ3) is 4.04. The first-order valence-electron chi connectivity index (χ1n) is 11.4. The molecule has 33 heavy (non-hydrogen) atoms. The molecule has 1 amide bonds. The monoisotopic (exact) mass is 463 g/mol. The Bertz CT molecular complexity index is 1160. The first-order chi connectivity index (χ1) is 16.3. The molecule has 1 saturated carbocycles. The van der Waals surface area contributed by atoms with E-state index in [1.54, 1.807) is 6.07 Å². The number of thioether (sulfide) groups is 1. The molecule has 6 rings (SSSR count). The molecule has 0 spiro atoms. The Labute approximate surface area is 196 Å². The minimum absolute atomic E-state index is 0.00355. The Balaban J connectivity index is 1.36. The molecule has 1 aromatic heterocycles. The summed E-state index contributed by atoms with van der Waals surface area (Å²) in [6, 6.07) is 15.7. The predicted molar refractivity (Wildman–Crippen MR) is 127 cm³/mol. The second-order valence-electron chi connectivity index (χ2n) is 8.51. The number of carbonyl (C=O) groups is 1. The lowest BCUT2D eigenvalue weighted by atomic mass is 10.1. The van der Waals surface area contributed by atoms with Gasteiger partial charge in [0, 0.05) is 41.8 Å². The molecule has 3 heterocycles. The van der Waals surface area contributed by atoms with E-state index in [2.05, 4.69) is 10.1 Å². The molecule has 170 valence electrons. The number of hydrogen-bond donors (Lipinski definition) is 0. The Hall–Kier alpha value is -3.13. The molecular formula is C25H25N3O4S. The highest BCUT2D eigenvalue weighted by atomic mass is 32.2. The number of ether oxygens (including phenoxy) is 2. The van der Waals surface area contributed by atoms with Gasteiger partial charge in [-0.3, -0.25) is 4.79 Å². The topological polar surface area (TPSA) is 68.0 Å². The van der Waals surface area contributed by atoms with Gasteiger partial charge in [0.25, 0.3) is 5.91 Å². The van der Waals surface area contributed by atoms with E-state index in [1.807, 2.05) is 59.1 Å². The molecule has 0 N–H and O–H groups in total. The van der Waals surface area contributed by atoms with Crippen LogP contribution in [0.1, 0.15) is 28.8 Å². The Morgan fingerprint density at radius 1 is 1.06 bits per heavy atom. The maximum absolute atomic E-state index is 13.6. The van der Waals surface area contributed by atoms with Crippen molar-refractivity contribution in [1.82, 2.24) is 10.1 Å². The van der Waals surface area contributed by atoms with E-state index < -0.39 is 0 Å². The second-order valence-corrected chi connectivity index (χ2v) is 9.74. The number of nitrogens with zero attached hydrogens (tertiary/aromatic N) is 3. The zero-order valence-electron chi connectivity index (χ0n) is 18.2. The largest absolute Gasteiger partial charge is 0.454 e. The molecule has 7 nitrogen and oxygen atoms in total. The van der Waals surface area contributed by atoms with Crippen molar-refractivity contribution in [3.63, 3.8) is 0 Å². The number of amides is 1. The van der Waals surface area contributed by atoms with Crippen LogP contribution in [0.25, 0.3) is 11.3 Å². The number of hydrogen-bond acceptors (Lipinski definition) is 7. The lowest BCUT2D eigenvalue weighted by Gasteiger charge is -2.28. The second kappa shape index (κ2) is 8.67. The lowest BCUT2D eigenvalue weighted by molar-refractivity contribution is 0.0730. The van der Waals surface area contributed by atoms with Crippen LogP contribution in [-0.2, 0) is 6.54 Å². The summed E-state index contributed by atoms with van der Waals surface area (Å²) >= 11 is 1.95. The van der Waals surface area contributed by atoms with Crippen LogP contribution in [0.4, 0.5) is 5.88 Å². The molecule has 8 heteroatoms. The van der Waals surface area contributed by atoms with Gasteiger partial charge in [0.2, 0.25) is 12.7 Å². The molecule has 3 aromatic rings. The fourth-order valence-electron chi connectivity index (χ4n) is 4.40. The summed E-state index contributed by atoms with van der Waals surface area (Å²) in [5.74, 6) is 4.21. The van der Waals surface area contributed by atoms with Crippen LogP contribution < -0.4 is 14.4 Å². The molecule has 0 atom stereocenters. The van der Waals surface area contributed by atoms with E-state index >= 15 is 0 Å². The van der Waals surface area contributed by atoms with Crippen LogP contribution in [-0.4, -0.2) is 53.4 Å². The average Bonchev–Trinajstić information content (AvgIpc) is 3.45. The van der Waals surface area contributed by atoms with Crippen molar-refractivity contribution in [2.24, 2.45) is 0 Å². The van der Waals surface area contributed by atoms with Crippen LogP contribution in [0, 0.1) is 0 Å². The maximum atomic E-state index is 13.6. The van der Waals surface area contributed by atoms with E-state index in [0.717, 1.165) is 60.1 Å². The van der Waals surface area contributed by atoms with Gasteiger partial charge in [-0.1, -0.05) is 35.5 Å². The summed E-state index contributed by atoms with van der Waals surface area (Å²) < 4.78 is 16.8. The van der Waals surface area contributed by atoms with Gasteiger partial charge in [-0.05, 0) is 31.0 Å². The summed E-state index contributed by atoms with van der Waals surface area (Å²) in [6.45, 7) is 2.49. The molecule has 1 saturated heterocycles. The Morgan fingerprint density at radius 2 is 1.85 bits per heavy atom.